The van der Waals surface area contributed by atoms with Crippen LogP contribution in [0, 0.1) is 52.3 Å². The number of hydrogen-bond donors (Lipinski definition) is 0. The third-order valence-electron chi connectivity index (χ3n) is 9.91. The number of allylic oxidation sites excluding steroid dienone is 3. The molecule has 0 aromatic carbocycles. The van der Waals surface area contributed by atoms with Gasteiger partial charge in [0.25, 0.3) is 0 Å². The van der Waals surface area contributed by atoms with E-state index in [9.17, 15) is 0 Å². The largest absolute Gasteiger partial charge is 0.0990 e. The molecule has 6 rings (SSSR count). The van der Waals surface area contributed by atoms with E-state index in [1.165, 1.54) is 38.5 Å². The Bertz CT molecular complexity index is 612. The van der Waals surface area contributed by atoms with Crippen molar-refractivity contribution in [2.24, 2.45) is 52.3 Å². The van der Waals surface area contributed by atoms with Crippen molar-refractivity contribution in [1.29, 1.82) is 0 Å². The van der Waals surface area contributed by atoms with Gasteiger partial charge < -0.3 is 0 Å². The predicted molar refractivity (Wildman–Crippen MR) is 102 cm³/mol. The van der Waals surface area contributed by atoms with Crippen LogP contribution in [0.25, 0.3) is 0 Å². The Morgan fingerprint density at radius 2 is 1.83 bits per heavy atom. The molecule has 0 bridgehead atoms. The van der Waals surface area contributed by atoms with E-state index in [2.05, 4.69) is 26.5 Å². The van der Waals surface area contributed by atoms with Crippen LogP contribution in [0.2, 0.25) is 0 Å². The average Bonchev–Trinajstić information content (AvgIpc) is 3.15. The molecule has 5 saturated carbocycles. The summed E-state index contributed by atoms with van der Waals surface area (Å²) in [6.07, 6.45) is 13.2. The van der Waals surface area contributed by atoms with Gasteiger partial charge in [0.2, 0.25) is 0 Å². The van der Waals surface area contributed by atoms with Crippen LogP contribution in [-0.4, -0.2) is 0 Å². The maximum atomic E-state index is 4.63. The monoisotopic (exact) mass is 324 g/mol. The average molecular weight is 325 g/mol. The van der Waals surface area contributed by atoms with Crippen LogP contribution in [-0.2, 0) is 0 Å². The summed E-state index contributed by atoms with van der Waals surface area (Å²) in [5, 5.41) is 0. The molecule has 0 aromatic rings. The fourth-order valence-corrected chi connectivity index (χ4v) is 9.04. The Balaban J connectivity index is 0.000000632. The van der Waals surface area contributed by atoms with E-state index in [-0.39, 0.29) is 0 Å². The SMILES string of the molecule is C=C1C2C3CC4(C5CCC6C=C(C)CCC6C5CCC14C)C32.CC. The molecule has 24 heavy (non-hydrogen) atoms. The molecule has 9 unspecified atom stereocenters. The van der Waals surface area contributed by atoms with Crippen LogP contribution < -0.4 is 0 Å². The number of fused-ring (bicyclic) bond motifs is 4. The molecule has 6 aliphatic carbocycles. The van der Waals surface area contributed by atoms with Crippen LogP contribution in [0.3, 0.4) is 0 Å². The molecule has 9 atom stereocenters. The van der Waals surface area contributed by atoms with Crippen molar-refractivity contribution in [3.63, 3.8) is 0 Å². The maximum Gasteiger partial charge on any atom is -0.00538 e. The van der Waals surface area contributed by atoms with Gasteiger partial charge in [0.15, 0.2) is 0 Å². The molecule has 0 N–H and O–H groups in total. The molecule has 0 heterocycles. The van der Waals surface area contributed by atoms with E-state index in [1.54, 1.807) is 17.6 Å². The van der Waals surface area contributed by atoms with Crippen molar-refractivity contribution in [2.45, 2.75) is 72.6 Å². The van der Waals surface area contributed by atoms with Gasteiger partial charge in [-0.3, -0.25) is 0 Å². The minimum Gasteiger partial charge on any atom is -0.0990 e. The van der Waals surface area contributed by atoms with Gasteiger partial charge in [0.1, 0.15) is 0 Å². The molecule has 0 nitrogen and oxygen atoms in total. The Labute approximate surface area is 149 Å². The quantitative estimate of drug-likeness (QED) is 0.438. The van der Waals surface area contributed by atoms with Crippen LogP contribution >= 0.6 is 0 Å². The van der Waals surface area contributed by atoms with E-state index >= 15 is 0 Å². The molecule has 0 amide bonds. The molecular weight excluding hydrogens is 288 g/mol. The Morgan fingerprint density at radius 1 is 1.04 bits per heavy atom. The van der Waals surface area contributed by atoms with Crippen LogP contribution in [0.15, 0.2) is 23.8 Å². The fourth-order valence-electron chi connectivity index (χ4n) is 9.04. The van der Waals surface area contributed by atoms with Gasteiger partial charge in [-0.15, -0.1) is 0 Å². The highest BCUT2D eigenvalue weighted by molar-refractivity contribution is 5.46. The molecule has 5 fully saturated rings. The van der Waals surface area contributed by atoms with Gasteiger partial charge in [0, 0.05) is 0 Å². The molecule has 1 spiro atoms. The lowest BCUT2D eigenvalue weighted by molar-refractivity contribution is -0.156. The Kier molecular flexibility index (Phi) is 3.14. The van der Waals surface area contributed by atoms with Gasteiger partial charge in [-0.25, -0.2) is 0 Å². The minimum absolute atomic E-state index is 0.533. The lowest BCUT2D eigenvalue weighted by Crippen LogP contribution is -2.59. The Hall–Kier alpha value is -0.520. The third-order valence-corrected chi connectivity index (χ3v) is 9.91. The molecular formula is C24H36. The highest BCUT2D eigenvalue weighted by Crippen LogP contribution is 2.91. The van der Waals surface area contributed by atoms with E-state index < -0.39 is 0 Å². The van der Waals surface area contributed by atoms with Gasteiger partial charge in [-0.05, 0) is 104 Å². The van der Waals surface area contributed by atoms with Crippen LogP contribution in [0.4, 0.5) is 0 Å². The first kappa shape index (κ1) is 15.7. The van der Waals surface area contributed by atoms with Crippen molar-refractivity contribution in [2.75, 3.05) is 0 Å². The maximum absolute atomic E-state index is 4.63. The first-order chi connectivity index (χ1) is 11.6. The first-order valence-corrected chi connectivity index (χ1v) is 10.9. The summed E-state index contributed by atoms with van der Waals surface area (Å²) in [5.74, 6) is 7.24. The summed E-state index contributed by atoms with van der Waals surface area (Å²) < 4.78 is 0. The van der Waals surface area contributed by atoms with Gasteiger partial charge in [-0.2, -0.15) is 0 Å². The summed E-state index contributed by atoms with van der Waals surface area (Å²) in [6, 6.07) is 0. The van der Waals surface area contributed by atoms with Crippen molar-refractivity contribution >= 4 is 0 Å². The second-order valence-electron chi connectivity index (χ2n) is 10.1. The molecule has 0 saturated heterocycles. The van der Waals surface area contributed by atoms with Gasteiger partial charge in [0.05, 0.1) is 0 Å². The zero-order valence-corrected chi connectivity index (χ0v) is 16.3. The Morgan fingerprint density at radius 3 is 2.62 bits per heavy atom. The van der Waals surface area contributed by atoms with Crippen molar-refractivity contribution < 1.29 is 0 Å². The van der Waals surface area contributed by atoms with Crippen molar-refractivity contribution in [1.82, 2.24) is 0 Å². The number of hydrogen-bond acceptors (Lipinski definition) is 0. The highest BCUT2D eigenvalue weighted by atomic mass is 14.9. The summed E-state index contributed by atoms with van der Waals surface area (Å²) >= 11 is 0. The molecule has 0 aliphatic heterocycles. The molecule has 0 aromatic heterocycles. The summed E-state index contributed by atoms with van der Waals surface area (Å²) in [7, 11) is 0. The summed E-state index contributed by atoms with van der Waals surface area (Å²) in [6.45, 7) is 13.6. The molecule has 0 radical (unpaired) electrons. The van der Waals surface area contributed by atoms with E-state index in [4.69, 9.17) is 0 Å². The van der Waals surface area contributed by atoms with E-state index in [1.807, 2.05) is 13.8 Å². The predicted octanol–water partition coefficient (Wildman–Crippen LogP) is 6.63. The zero-order chi connectivity index (χ0) is 16.9. The molecule has 6 aliphatic rings. The smallest absolute Gasteiger partial charge is 0.00538 e. The first-order valence-electron chi connectivity index (χ1n) is 10.9. The molecule has 0 heteroatoms. The fraction of sp³-hybridized carbons (Fsp3) is 0.833. The van der Waals surface area contributed by atoms with E-state index in [0.29, 0.717) is 5.41 Å². The third kappa shape index (κ3) is 1.50. The van der Waals surface area contributed by atoms with Crippen LogP contribution in [0.5, 0.6) is 0 Å². The second kappa shape index (κ2) is 4.80. The summed E-state index contributed by atoms with van der Waals surface area (Å²) in [5.41, 5.74) is 4.64. The topological polar surface area (TPSA) is 0 Å². The zero-order valence-electron chi connectivity index (χ0n) is 16.3. The van der Waals surface area contributed by atoms with E-state index in [0.717, 1.165) is 46.8 Å². The van der Waals surface area contributed by atoms with Gasteiger partial charge in [-0.1, -0.05) is 44.6 Å². The normalized spacial score (nSPS) is 58.8. The number of rotatable bonds is 0. The summed E-state index contributed by atoms with van der Waals surface area (Å²) in [4.78, 5) is 0. The van der Waals surface area contributed by atoms with Gasteiger partial charge >= 0.3 is 0 Å². The molecule has 132 valence electrons. The highest BCUT2D eigenvalue weighted by Gasteiger charge is 2.85. The van der Waals surface area contributed by atoms with Crippen molar-refractivity contribution in [3.8, 4) is 0 Å². The van der Waals surface area contributed by atoms with Crippen molar-refractivity contribution in [3.05, 3.63) is 23.8 Å². The van der Waals surface area contributed by atoms with Crippen LogP contribution in [0.1, 0.15) is 72.6 Å². The second-order valence-corrected chi connectivity index (χ2v) is 10.1. The standard InChI is InChI=1S/C22H30.C2H6/c1-12-4-6-15-14(10-12)5-7-18-16(15)8-9-21(3)13(2)19-17-11-22(18,21)20(17)19;1-2/h10,14-20H,2,4-9,11H2,1,3H3;1-2H3. The lowest BCUT2D eigenvalue weighted by Gasteiger charge is -2.66. The minimum atomic E-state index is 0.533. The lowest BCUT2D eigenvalue weighted by atomic mass is 9.38.